The Labute approximate surface area is 152 Å². The minimum absolute atomic E-state index is 0.341. The van der Waals surface area contributed by atoms with Gasteiger partial charge in [-0.05, 0) is 50.3 Å². The first-order valence-electron chi connectivity index (χ1n) is 8.32. The van der Waals surface area contributed by atoms with E-state index in [0.29, 0.717) is 23.0 Å². The Bertz CT molecular complexity index is 705. The summed E-state index contributed by atoms with van der Waals surface area (Å²) in [5.41, 5.74) is 0.466. The topological polar surface area (TPSA) is 78.5 Å². The molecule has 0 spiro atoms. The molecule has 1 aromatic rings. The Morgan fingerprint density at radius 2 is 2.04 bits per heavy atom. The number of rotatable bonds is 6. The van der Waals surface area contributed by atoms with Gasteiger partial charge in [-0.3, -0.25) is 14.5 Å². The fraction of sp³-hybridized carbons (Fsp3) is 0.500. The number of hydrogen-bond acceptors (Lipinski definition) is 3. The number of anilines is 1. The second-order valence-electron chi connectivity index (χ2n) is 7.12. The van der Waals surface area contributed by atoms with Crippen LogP contribution in [-0.2, 0) is 9.59 Å². The summed E-state index contributed by atoms with van der Waals surface area (Å²) in [7, 11) is 0. The molecule has 0 radical (unpaired) electrons. The summed E-state index contributed by atoms with van der Waals surface area (Å²) in [5.74, 6) is -0.423. The highest BCUT2D eigenvalue weighted by atomic mass is 35.5. The highest BCUT2D eigenvalue weighted by molar-refractivity contribution is 6.33. The number of benzene rings is 1. The van der Waals surface area contributed by atoms with E-state index in [-0.39, 0.29) is 12.5 Å². The number of imide groups is 1. The molecule has 1 fully saturated rings. The minimum Gasteiger partial charge on any atom is -0.323 e. The van der Waals surface area contributed by atoms with Crippen molar-refractivity contribution in [2.45, 2.75) is 46.1 Å². The van der Waals surface area contributed by atoms with Gasteiger partial charge < -0.3 is 10.6 Å². The fourth-order valence-electron chi connectivity index (χ4n) is 2.69. The van der Waals surface area contributed by atoms with E-state index < -0.39 is 17.5 Å². The van der Waals surface area contributed by atoms with Crippen molar-refractivity contribution in [2.24, 2.45) is 5.92 Å². The first kappa shape index (κ1) is 19.2. The van der Waals surface area contributed by atoms with Gasteiger partial charge in [-0.15, -0.1) is 0 Å². The van der Waals surface area contributed by atoms with E-state index in [2.05, 4.69) is 24.5 Å². The fourth-order valence-corrected chi connectivity index (χ4v) is 2.97. The van der Waals surface area contributed by atoms with E-state index in [4.69, 9.17) is 11.6 Å². The van der Waals surface area contributed by atoms with E-state index in [1.807, 2.05) is 13.0 Å². The van der Waals surface area contributed by atoms with Crippen molar-refractivity contribution < 1.29 is 14.4 Å². The molecule has 136 valence electrons. The maximum atomic E-state index is 12.6. The molecule has 1 aromatic carbocycles. The zero-order chi connectivity index (χ0) is 18.8. The SMILES string of the molecule is Cc1ccc(NC(=O)CN2C(=O)NC(C)(CCC(C)C)C2=O)c(Cl)c1. The molecule has 1 aliphatic rings. The summed E-state index contributed by atoms with van der Waals surface area (Å²) in [5, 5.41) is 5.75. The average Bonchev–Trinajstić information content (AvgIpc) is 2.72. The number of nitrogens with one attached hydrogen (secondary N) is 2. The van der Waals surface area contributed by atoms with Gasteiger partial charge in [-0.25, -0.2) is 4.79 Å². The molecule has 4 amide bonds. The van der Waals surface area contributed by atoms with Gasteiger partial charge in [0.1, 0.15) is 12.1 Å². The molecule has 1 heterocycles. The number of urea groups is 1. The first-order valence-corrected chi connectivity index (χ1v) is 8.70. The largest absolute Gasteiger partial charge is 0.325 e. The molecule has 7 heteroatoms. The third-order valence-corrected chi connectivity index (χ3v) is 4.58. The summed E-state index contributed by atoms with van der Waals surface area (Å²) in [4.78, 5) is 37.9. The number of halogens is 1. The quantitative estimate of drug-likeness (QED) is 0.759. The molecule has 1 unspecified atom stereocenters. The number of carbonyl (C=O) groups excluding carboxylic acids is 3. The van der Waals surface area contributed by atoms with Crippen molar-refractivity contribution in [2.75, 3.05) is 11.9 Å². The van der Waals surface area contributed by atoms with Gasteiger partial charge in [-0.1, -0.05) is 31.5 Å². The van der Waals surface area contributed by atoms with Crippen LogP contribution in [0.5, 0.6) is 0 Å². The zero-order valence-electron chi connectivity index (χ0n) is 15.0. The van der Waals surface area contributed by atoms with Gasteiger partial charge in [-0.2, -0.15) is 0 Å². The summed E-state index contributed by atoms with van der Waals surface area (Å²) in [6.45, 7) is 7.36. The van der Waals surface area contributed by atoms with Crippen LogP contribution < -0.4 is 10.6 Å². The Morgan fingerprint density at radius 3 is 2.64 bits per heavy atom. The molecular formula is C18H24ClN3O3. The molecular weight excluding hydrogens is 342 g/mol. The number of nitrogens with zero attached hydrogens (tertiary/aromatic N) is 1. The van der Waals surface area contributed by atoms with Crippen LogP contribution in [-0.4, -0.2) is 34.8 Å². The standard InChI is InChI=1S/C18H24ClN3O3/c1-11(2)7-8-18(4)16(24)22(17(25)21-18)10-15(23)20-14-6-5-12(3)9-13(14)19/h5-6,9,11H,7-8,10H2,1-4H3,(H,20,23)(H,21,25). The number of aryl methyl sites for hydroxylation is 1. The van der Waals surface area contributed by atoms with Gasteiger partial charge in [0.2, 0.25) is 5.91 Å². The number of amides is 4. The summed E-state index contributed by atoms with van der Waals surface area (Å²) < 4.78 is 0. The minimum atomic E-state index is -0.955. The molecule has 0 aliphatic carbocycles. The Morgan fingerprint density at radius 1 is 1.36 bits per heavy atom. The highest BCUT2D eigenvalue weighted by Gasteiger charge is 2.47. The van der Waals surface area contributed by atoms with Crippen molar-refractivity contribution in [3.05, 3.63) is 28.8 Å². The lowest BCUT2D eigenvalue weighted by atomic mass is 9.92. The highest BCUT2D eigenvalue weighted by Crippen LogP contribution is 2.25. The van der Waals surface area contributed by atoms with Crippen molar-refractivity contribution in [1.82, 2.24) is 10.2 Å². The van der Waals surface area contributed by atoms with E-state index in [1.54, 1.807) is 19.1 Å². The van der Waals surface area contributed by atoms with Gasteiger partial charge >= 0.3 is 6.03 Å². The third kappa shape index (κ3) is 4.51. The van der Waals surface area contributed by atoms with Crippen molar-refractivity contribution in [3.8, 4) is 0 Å². The smallest absolute Gasteiger partial charge is 0.323 e. The summed E-state index contributed by atoms with van der Waals surface area (Å²) >= 11 is 6.09. The Kier molecular flexibility index (Phi) is 5.72. The second kappa shape index (κ2) is 7.44. The lowest BCUT2D eigenvalue weighted by molar-refractivity contribution is -0.133. The third-order valence-electron chi connectivity index (χ3n) is 4.27. The zero-order valence-corrected chi connectivity index (χ0v) is 15.7. The van der Waals surface area contributed by atoms with Crippen LogP contribution in [0.25, 0.3) is 0 Å². The molecule has 2 rings (SSSR count). The molecule has 6 nitrogen and oxygen atoms in total. The predicted molar refractivity (Wildman–Crippen MR) is 97.5 cm³/mol. The normalized spacial score (nSPS) is 20.2. The molecule has 2 N–H and O–H groups in total. The average molecular weight is 366 g/mol. The predicted octanol–water partition coefficient (Wildman–Crippen LogP) is 3.33. The summed E-state index contributed by atoms with van der Waals surface area (Å²) in [6, 6.07) is 4.70. The van der Waals surface area contributed by atoms with Crippen molar-refractivity contribution in [1.29, 1.82) is 0 Å². The van der Waals surface area contributed by atoms with Crippen molar-refractivity contribution in [3.63, 3.8) is 0 Å². The van der Waals surface area contributed by atoms with Crippen LogP contribution in [0.3, 0.4) is 0 Å². The van der Waals surface area contributed by atoms with Crippen LogP contribution in [0.2, 0.25) is 5.02 Å². The molecule has 0 aromatic heterocycles. The number of carbonyl (C=O) groups is 3. The van der Waals surface area contributed by atoms with E-state index in [1.165, 1.54) is 0 Å². The molecule has 1 atom stereocenters. The second-order valence-corrected chi connectivity index (χ2v) is 7.52. The Balaban J connectivity index is 2.03. The lowest BCUT2D eigenvalue weighted by Gasteiger charge is -2.22. The maximum Gasteiger partial charge on any atom is 0.325 e. The van der Waals surface area contributed by atoms with E-state index in [9.17, 15) is 14.4 Å². The monoisotopic (exact) mass is 365 g/mol. The molecule has 0 saturated carbocycles. The first-order chi connectivity index (χ1) is 11.6. The molecule has 1 aliphatic heterocycles. The van der Waals surface area contributed by atoms with Crippen LogP contribution >= 0.6 is 11.6 Å². The molecule has 25 heavy (non-hydrogen) atoms. The van der Waals surface area contributed by atoms with Crippen LogP contribution in [0, 0.1) is 12.8 Å². The van der Waals surface area contributed by atoms with Gasteiger partial charge in [0.15, 0.2) is 0 Å². The van der Waals surface area contributed by atoms with E-state index >= 15 is 0 Å². The van der Waals surface area contributed by atoms with Crippen LogP contribution in [0.1, 0.15) is 39.2 Å². The number of hydrogen-bond donors (Lipinski definition) is 2. The van der Waals surface area contributed by atoms with Gasteiger partial charge in [0, 0.05) is 0 Å². The molecule has 0 bridgehead atoms. The summed E-state index contributed by atoms with van der Waals surface area (Å²) in [6.07, 6.45) is 1.35. The lowest BCUT2D eigenvalue weighted by Crippen LogP contribution is -2.44. The maximum absolute atomic E-state index is 12.6. The van der Waals surface area contributed by atoms with Crippen molar-refractivity contribution >= 4 is 35.1 Å². The van der Waals surface area contributed by atoms with Crippen LogP contribution in [0.4, 0.5) is 10.5 Å². The van der Waals surface area contributed by atoms with Gasteiger partial charge in [0.25, 0.3) is 5.91 Å². The van der Waals surface area contributed by atoms with E-state index in [0.717, 1.165) is 16.9 Å². The molecule has 1 saturated heterocycles. The van der Waals surface area contributed by atoms with Crippen LogP contribution in [0.15, 0.2) is 18.2 Å². The van der Waals surface area contributed by atoms with Gasteiger partial charge in [0.05, 0.1) is 10.7 Å². The Hall–Kier alpha value is -2.08.